The highest BCUT2D eigenvalue weighted by molar-refractivity contribution is 4.79. The molecule has 0 spiro atoms. The second-order valence-electron chi connectivity index (χ2n) is 2.99. The first-order chi connectivity index (χ1) is 5.11. The number of alkyl halides is 1. The molecule has 1 aliphatic rings. The Balaban J connectivity index is 2.40. The zero-order chi connectivity index (χ0) is 8.43. The van der Waals surface area contributed by atoms with Crippen LogP contribution in [0.3, 0.4) is 0 Å². The summed E-state index contributed by atoms with van der Waals surface area (Å²) in [5.41, 5.74) is 0. The van der Waals surface area contributed by atoms with Crippen LogP contribution >= 0.6 is 0 Å². The average Bonchev–Trinajstić information content (AvgIpc) is 1.94. The fraction of sp³-hybridized carbons (Fsp3) is 1.00. The molecule has 1 rings (SSSR count). The van der Waals surface area contributed by atoms with Crippen LogP contribution < -0.4 is 0 Å². The van der Waals surface area contributed by atoms with E-state index in [4.69, 9.17) is 10.2 Å². The molecule has 0 bridgehead atoms. The monoisotopic (exact) mass is 163 g/mol. The second kappa shape index (κ2) is 3.47. The number of hydrogen-bond acceptors (Lipinski definition) is 3. The van der Waals surface area contributed by atoms with Crippen LogP contribution in [0.4, 0.5) is 4.39 Å². The van der Waals surface area contributed by atoms with E-state index in [1.807, 2.05) is 0 Å². The minimum Gasteiger partial charge on any atom is -0.390 e. The summed E-state index contributed by atoms with van der Waals surface area (Å²) < 4.78 is 12.6. The highest BCUT2D eigenvalue weighted by atomic mass is 19.1. The molecule has 11 heavy (non-hydrogen) atoms. The standard InChI is InChI=1S/C7H14FNO2/c1-5(8)9-3-2-6(10)7(11)4-9/h5-7,10-11H,2-4H2,1H3/t5-,6?,7?/m1/s1. The van der Waals surface area contributed by atoms with Gasteiger partial charge in [-0.25, -0.2) is 4.39 Å². The molecule has 2 unspecified atom stereocenters. The number of aliphatic hydroxyl groups excluding tert-OH is 2. The molecule has 1 saturated heterocycles. The van der Waals surface area contributed by atoms with Gasteiger partial charge in [0.1, 0.15) is 0 Å². The molecule has 66 valence electrons. The first-order valence-corrected chi connectivity index (χ1v) is 3.85. The summed E-state index contributed by atoms with van der Waals surface area (Å²) >= 11 is 0. The van der Waals surface area contributed by atoms with E-state index >= 15 is 0 Å². The van der Waals surface area contributed by atoms with Gasteiger partial charge in [0.15, 0.2) is 6.30 Å². The maximum absolute atomic E-state index is 12.6. The van der Waals surface area contributed by atoms with Crippen molar-refractivity contribution in [2.45, 2.75) is 31.8 Å². The summed E-state index contributed by atoms with van der Waals surface area (Å²) in [6, 6.07) is 0. The number of piperidine rings is 1. The lowest BCUT2D eigenvalue weighted by Gasteiger charge is -2.33. The molecule has 3 atom stereocenters. The number of halogens is 1. The molecule has 0 aromatic heterocycles. The van der Waals surface area contributed by atoms with Gasteiger partial charge >= 0.3 is 0 Å². The van der Waals surface area contributed by atoms with E-state index in [9.17, 15) is 4.39 Å². The van der Waals surface area contributed by atoms with Crippen molar-refractivity contribution in [2.75, 3.05) is 13.1 Å². The van der Waals surface area contributed by atoms with Crippen molar-refractivity contribution in [3.8, 4) is 0 Å². The second-order valence-corrected chi connectivity index (χ2v) is 2.99. The van der Waals surface area contributed by atoms with Gasteiger partial charge in [-0.15, -0.1) is 0 Å². The molecule has 1 heterocycles. The van der Waals surface area contributed by atoms with Gasteiger partial charge in [0.25, 0.3) is 0 Å². The molecule has 0 aromatic rings. The summed E-state index contributed by atoms with van der Waals surface area (Å²) in [6.07, 6.45) is -2.04. The lowest BCUT2D eigenvalue weighted by molar-refractivity contribution is -0.0646. The number of β-amino-alcohol motifs (C(OH)–C–C–N with tert-alkyl or cyclic N) is 1. The Bertz CT molecular complexity index is 132. The first-order valence-electron chi connectivity index (χ1n) is 3.85. The van der Waals surface area contributed by atoms with Crippen LogP contribution in [0.5, 0.6) is 0 Å². The topological polar surface area (TPSA) is 43.7 Å². The van der Waals surface area contributed by atoms with Crippen LogP contribution in [0, 0.1) is 0 Å². The third kappa shape index (κ3) is 2.12. The average molecular weight is 163 g/mol. The summed E-state index contributed by atoms with van der Waals surface area (Å²) in [7, 11) is 0. The van der Waals surface area contributed by atoms with E-state index in [2.05, 4.69) is 0 Å². The molecule has 1 aliphatic heterocycles. The summed E-state index contributed by atoms with van der Waals surface area (Å²) in [4.78, 5) is 1.51. The maximum atomic E-state index is 12.6. The van der Waals surface area contributed by atoms with Crippen LogP contribution in [0.2, 0.25) is 0 Å². The molecule has 0 aliphatic carbocycles. The number of nitrogens with zero attached hydrogens (tertiary/aromatic N) is 1. The molecule has 0 saturated carbocycles. The van der Waals surface area contributed by atoms with Crippen molar-refractivity contribution < 1.29 is 14.6 Å². The van der Waals surface area contributed by atoms with E-state index in [1.54, 1.807) is 0 Å². The number of aliphatic hydroxyl groups is 2. The largest absolute Gasteiger partial charge is 0.390 e. The lowest BCUT2D eigenvalue weighted by atomic mass is 10.1. The lowest BCUT2D eigenvalue weighted by Crippen LogP contribution is -2.48. The van der Waals surface area contributed by atoms with Gasteiger partial charge in [-0.05, 0) is 13.3 Å². The van der Waals surface area contributed by atoms with Gasteiger partial charge < -0.3 is 10.2 Å². The van der Waals surface area contributed by atoms with E-state index in [1.165, 1.54) is 11.8 Å². The Morgan fingerprint density at radius 3 is 2.55 bits per heavy atom. The first kappa shape index (κ1) is 8.90. The summed E-state index contributed by atoms with van der Waals surface area (Å²) in [5, 5.41) is 18.2. The molecular formula is C7H14FNO2. The predicted octanol–water partition coefficient (Wildman–Crippen LogP) is -0.271. The maximum Gasteiger partial charge on any atom is 0.150 e. The van der Waals surface area contributed by atoms with E-state index < -0.39 is 18.5 Å². The van der Waals surface area contributed by atoms with Crippen molar-refractivity contribution in [3.05, 3.63) is 0 Å². The van der Waals surface area contributed by atoms with Crippen LogP contribution in [-0.2, 0) is 0 Å². The highest BCUT2D eigenvalue weighted by Crippen LogP contribution is 2.13. The normalized spacial score (nSPS) is 37.1. The van der Waals surface area contributed by atoms with E-state index in [0.29, 0.717) is 13.0 Å². The van der Waals surface area contributed by atoms with E-state index in [0.717, 1.165) is 0 Å². The van der Waals surface area contributed by atoms with Crippen LogP contribution in [0.25, 0.3) is 0 Å². The molecule has 4 heteroatoms. The van der Waals surface area contributed by atoms with Crippen molar-refractivity contribution in [1.29, 1.82) is 0 Å². The van der Waals surface area contributed by atoms with Gasteiger partial charge in [0.05, 0.1) is 12.2 Å². The van der Waals surface area contributed by atoms with Crippen LogP contribution in [-0.4, -0.2) is 46.7 Å². The van der Waals surface area contributed by atoms with Gasteiger partial charge in [-0.2, -0.15) is 0 Å². The minimum atomic E-state index is -1.03. The smallest absolute Gasteiger partial charge is 0.150 e. The molecule has 3 nitrogen and oxygen atoms in total. The Morgan fingerprint density at radius 1 is 1.45 bits per heavy atom. The third-order valence-electron chi connectivity index (χ3n) is 2.08. The van der Waals surface area contributed by atoms with Gasteiger partial charge in [0, 0.05) is 13.1 Å². The number of likely N-dealkylation sites (tertiary alicyclic amines) is 1. The Labute approximate surface area is 65.4 Å². The summed E-state index contributed by atoms with van der Waals surface area (Å²) in [5.74, 6) is 0. The minimum absolute atomic E-state index is 0.235. The van der Waals surface area contributed by atoms with Crippen molar-refractivity contribution >= 4 is 0 Å². The Hall–Kier alpha value is -0.190. The molecule has 0 amide bonds. The highest BCUT2D eigenvalue weighted by Gasteiger charge is 2.27. The Morgan fingerprint density at radius 2 is 2.09 bits per heavy atom. The fourth-order valence-corrected chi connectivity index (χ4v) is 1.27. The molecule has 2 N–H and O–H groups in total. The molecule has 0 radical (unpaired) electrons. The van der Waals surface area contributed by atoms with Gasteiger partial charge in [-0.3, -0.25) is 4.90 Å². The van der Waals surface area contributed by atoms with Crippen LogP contribution in [0.15, 0.2) is 0 Å². The molecule has 1 fully saturated rings. The van der Waals surface area contributed by atoms with Crippen molar-refractivity contribution in [2.24, 2.45) is 0 Å². The third-order valence-corrected chi connectivity index (χ3v) is 2.08. The zero-order valence-corrected chi connectivity index (χ0v) is 6.57. The summed E-state index contributed by atoms with van der Waals surface area (Å²) in [6.45, 7) is 2.19. The van der Waals surface area contributed by atoms with Gasteiger partial charge in [0.2, 0.25) is 0 Å². The Kier molecular flexibility index (Phi) is 2.81. The van der Waals surface area contributed by atoms with Gasteiger partial charge in [-0.1, -0.05) is 0 Å². The van der Waals surface area contributed by atoms with E-state index in [-0.39, 0.29) is 6.54 Å². The molecular weight excluding hydrogens is 149 g/mol. The SMILES string of the molecule is C[C@H](F)N1CCC(O)C(O)C1. The quantitative estimate of drug-likeness (QED) is 0.523. The van der Waals surface area contributed by atoms with Crippen LogP contribution in [0.1, 0.15) is 13.3 Å². The fourth-order valence-electron chi connectivity index (χ4n) is 1.27. The number of rotatable bonds is 1. The van der Waals surface area contributed by atoms with Crippen molar-refractivity contribution in [1.82, 2.24) is 4.90 Å². The number of hydrogen-bond donors (Lipinski definition) is 2. The molecule has 0 aromatic carbocycles. The van der Waals surface area contributed by atoms with Crippen molar-refractivity contribution in [3.63, 3.8) is 0 Å². The zero-order valence-electron chi connectivity index (χ0n) is 6.57. The predicted molar refractivity (Wildman–Crippen MR) is 38.8 cm³/mol.